The molecule has 1 aliphatic heterocycles. The predicted molar refractivity (Wildman–Crippen MR) is 103 cm³/mol. The van der Waals surface area contributed by atoms with Crippen LogP contribution in [0.3, 0.4) is 0 Å². The molecular weight excluding hydrogens is 344 g/mol. The first kappa shape index (κ1) is 18.8. The summed E-state index contributed by atoms with van der Waals surface area (Å²) in [5.41, 5.74) is 2.39. The second kappa shape index (κ2) is 8.58. The molecule has 1 heterocycles. The van der Waals surface area contributed by atoms with Gasteiger partial charge in [-0.3, -0.25) is 4.79 Å². The molecule has 0 atom stereocenters. The van der Waals surface area contributed by atoms with E-state index in [1.165, 1.54) is 0 Å². The van der Waals surface area contributed by atoms with Crippen LogP contribution in [-0.4, -0.2) is 54.7 Å². The summed E-state index contributed by atoms with van der Waals surface area (Å²) < 4.78 is 5.66. The minimum atomic E-state index is -0.926. The smallest absolute Gasteiger partial charge is 0.335 e. The van der Waals surface area contributed by atoms with Gasteiger partial charge in [-0.15, -0.1) is 0 Å². The fourth-order valence-corrected chi connectivity index (χ4v) is 3.15. The lowest BCUT2D eigenvalue weighted by Gasteiger charge is -2.36. The number of aryl methyl sites for hydroxylation is 1. The van der Waals surface area contributed by atoms with Crippen LogP contribution in [0.25, 0.3) is 0 Å². The molecular formula is C21H24N2O4. The van der Waals surface area contributed by atoms with Crippen molar-refractivity contribution >= 4 is 17.6 Å². The second-order valence-corrected chi connectivity index (χ2v) is 6.63. The lowest BCUT2D eigenvalue weighted by molar-refractivity contribution is -0.132. The van der Waals surface area contributed by atoms with Crippen LogP contribution in [0, 0.1) is 6.92 Å². The third-order valence-electron chi connectivity index (χ3n) is 4.69. The SMILES string of the molecule is Cc1cccc(OCCC(=O)N2CCN(c3ccc(C(=O)O)cc3)CC2)c1. The van der Waals surface area contributed by atoms with Gasteiger partial charge in [-0.1, -0.05) is 12.1 Å². The van der Waals surface area contributed by atoms with Crippen molar-refractivity contribution in [3.05, 3.63) is 59.7 Å². The zero-order valence-electron chi connectivity index (χ0n) is 15.4. The summed E-state index contributed by atoms with van der Waals surface area (Å²) in [6.07, 6.45) is 0.362. The summed E-state index contributed by atoms with van der Waals surface area (Å²) in [6.45, 7) is 5.16. The number of nitrogens with zero attached hydrogens (tertiary/aromatic N) is 2. The Morgan fingerprint density at radius 1 is 1.04 bits per heavy atom. The monoisotopic (exact) mass is 368 g/mol. The average Bonchev–Trinajstić information content (AvgIpc) is 2.68. The van der Waals surface area contributed by atoms with Crippen molar-refractivity contribution in [2.75, 3.05) is 37.7 Å². The number of hydrogen-bond donors (Lipinski definition) is 1. The number of carbonyl (C=O) groups excluding carboxylic acids is 1. The highest BCUT2D eigenvalue weighted by Gasteiger charge is 2.21. The topological polar surface area (TPSA) is 70.1 Å². The largest absolute Gasteiger partial charge is 0.493 e. The number of carboxylic acid groups (broad SMARTS) is 1. The van der Waals surface area contributed by atoms with Gasteiger partial charge in [0.2, 0.25) is 5.91 Å². The van der Waals surface area contributed by atoms with Crippen molar-refractivity contribution in [3.8, 4) is 5.75 Å². The van der Waals surface area contributed by atoms with E-state index in [0.717, 1.165) is 30.1 Å². The van der Waals surface area contributed by atoms with E-state index in [2.05, 4.69) is 4.90 Å². The molecule has 1 fully saturated rings. The molecule has 2 aromatic carbocycles. The molecule has 142 valence electrons. The quantitative estimate of drug-likeness (QED) is 0.849. The maximum Gasteiger partial charge on any atom is 0.335 e. The molecule has 1 N–H and O–H groups in total. The van der Waals surface area contributed by atoms with Crippen molar-refractivity contribution in [1.29, 1.82) is 0 Å². The Kier molecular flexibility index (Phi) is 5.96. The third-order valence-corrected chi connectivity index (χ3v) is 4.69. The summed E-state index contributed by atoms with van der Waals surface area (Å²) >= 11 is 0. The molecule has 3 rings (SSSR count). The van der Waals surface area contributed by atoms with Crippen LogP contribution in [0.2, 0.25) is 0 Å². The zero-order valence-corrected chi connectivity index (χ0v) is 15.4. The van der Waals surface area contributed by atoms with Gasteiger partial charge in [-0.25, -0.2) is 4.79 Å². The number of carbonyl (C=O) groups is 2. The van der Waals surface area contributed by atoms with Crippen LogP contribution in [0.15, 0.2) is 48.5 Å². The number of anilines is 1. The van der Waals surface area contributed by atoms with Crippen LogP contribution in [0.1, 0.15) is 22.3 Å². The van der Waals surface area contributed by atoms with Crippen molar-refractivity contribution in [3.63, 3.8) is 0 Å². The minimum absolute atomic E-state index is 0.100. The van der Waals surface area contributed by atoms with Crippen LogP contribution in [0.4, 0.5) is 5.69 Å². The van der Waals surface area contributed by atoms with Crippen molar-refractivity contribution in [2.45, 2.75) is 13.3 Å². The first-order valence-electron chi connectivity index (χ1n) is 9.08. The van der Waals surface area contributed by atoms with Gasteiger partial charge >= 0.3 is 5.97 Å². The van der Waals surface area contributed by atoms with Gasteiger partial charge < -0.3 is 19.6 Å². The fraction of sp³-hybridized carbons (Fsp3) is 0.333. The number of amides is 1. The van der Waals surface area contributed by atoms with E-state index in [9.17, 15) is 9.59 Å². The predicted octanol–water partition coefficient (Wildman–Crippen LogP) is 2.81. The van der Waals surface area contributed by atoms with Crippen molar-refractivity contribution < 1.29 is 19.4 Å². The molecule has 0 spiro atoms. The highest BCUT2D eigenvalue weighted by molar-refractivity contribution is 5.88. The highest BCUT2D eigenvalue weighted by Crippen LogP contribution is 2.18. The van der Waals surface area contributed by atoms with Crippen LogP contribution in [-0.2, 0) is 4.79 Å². The molecule has 0 radical (unpaired) electrons. The van der Waals surface area contributed by atoms with Crippen LogP contribution in [0.5, 0.6) is 5.75 Å². The molecule has 0 aliphatic carbocycles. The van der Waals surface area contributed by atoms with Gasteiger partial charge in [0.25, 0.3) is 0 Å². The van der Waals surface area contributed by atoms with E-state index >= 15 is 0 Å². The molecule has 2 aromatic rings. The summed E-state index contributed by atoms with van der Waals surface area (Å²) in [5.74, 6) is -0.0363. The Morgan fingerprint density at radius 3 is 2.37 bits per heavy atom. The number of aromatic carboxylic acids is 1. The fourth-order valence-electron chi connectivity index (χ4n) is 3.15. The summed E-state index contributed by atoms with van der Waals surface area (Å²) in [4.78, 5) is 27.3. The Balaban J connectivity index is 1.44. The second-order valence-electron chi connectivity index (χ2n) is 6.63. The Bertz CT molecular complexity index is 796. The zero-order chi connectivity index (χ0) is 19.2. The third kappa shape index (κ3) is 5.00. The lowest BCUT2D eigenvalue weighted by Crippen LogP contribution is -2.49. The number of benzene rings is 2. The molecule has 1 amide bonds. The van der Waals surface area contributed by atoms with E-state index in [4.69, 9.17) is 9.84 Å². The molecule has 1 saturated heterocycles. The van der Waals surface area contributed by atoms with Gasteiger partial charge in [0.1, 0.15) is 5.75 Å². The first-order valence-corrected chi connectivity index (χ1v) is 9.08. The minimum Gasteiger partial charge on any atom is -0.493 e. The van der Waals surface area contributed by atoms with Gasteiger partial charge in [0, 0.05) is 31.9 Å². The lowest BCUT2D eigenvalue weighted by atomic mass is 10.2. The van der Waals surface area contributed by atoms with E-state index in [1.807, 2.05) is 48.2 Å². The average molecular weight is 368 g/mol. The molecule has 27 heavy (non-hydrogen) atoms. The number of hydrogen-bond acceptors (Lipinski definition) is 4. The standard InChI is InChI=1S/C21H24N2O4/c1-16-3-2-4-19(15-16)27-14-9-20(24)23-12-10-22(11-13-23)18-7-5-17(6-8-18)21(25)26/h2-8,15H,9-14H2,1H3,(H,25,26). The van der Waals surface area contributed by atoms with E-state index in [-0.39, 0.29) is 11.5 Å². The maximum absolute atomic E-state index is 12.4. The number of carboxylic acids is 1. The summed E-state index contributed by atoms with van der Waals surface area (Å²) in [7, 11) is 0. The van der Waals surface area contributed by atoms with Gasteiger partial charge in [0.15, 0.2) is 0 Å². The number of piperazine rings is 1. The number of rotatable bonds is 6. The van der Waals surface area contributed by atoms with Crippen molar-refractivity contribution in [1.82, 2.24) is 4.90 Å². The molecule has 0 bridgehead atoms. The Labute approximate surface area is 159 Å². The molecule has 0 unspecified atom stereocenters. The van der Waals surface area contributed by atoms with Gasteiger partial charge in [-0.05, 0) is 48.9 Å². The number of ether oxygens (including phenoxy) is 1. The molecule has 1 aliphatic rings. The molecule has 6 heteroatoms. The Hall–Kier alpha value is -3.02. The van der Waals surface area contributed by atoms with E-state index in [1.54, 1.807) is 12.1 Å². The van der Waals surface area contributed by atoms with E-state index in [0.29, 0.717) is 26.1 Å². The van der Waals surface area contributed by atoms with Crippen LogP contribution < -0.4 is 9.64 Å². The van der Waals surface area contributed by atoms with E-state index < -0.39 is 5.97 Å². The molecule has 0 aromatic heterocycles. The maximum atomic E-state index is 12.4. The highest BCUT2D eigenvalue weighted by atomic mass is 16.5. The first-order chi connectivity index (χ1) is 13.0. The Morgan fingerprint density at radius 2 is 1.74 bits per heavy atom. The normalized spacial score (nSPS) is 14.1. The van der Waals surface area contributed by atoms with Gasteiger partial charge in [-0.2, -0.15) is 0 Å². The molecule has 0 saturated carbocycles. The van der Waals surface area contributed by atoms with Crippen molar-refractivity contribution in [2.24, 2.45) is 0 Å². The van der Waals surface area contributed by atoms with Crippen LogP contribution >= 0.6 is 0 Å². The molecule has 6 nitrogen and oxygen atoms in total. The summed E-state index contributed by atoms with van der Waals surface area (Å²) in [5, 5.41) is 8.97. The van der Waals surface area contributed by atoms with Gasteiger partial charge in [0.05, 0.1) is 18.6 Å². The summed E-state index contributed by atoms with van der Waals surface area (Å²) in [6, 6.07) is 14.6.